The molecule has 16 heavy (non-hydrogen) atoms. The molecule has 2 fully saturated rings. The van der Waals surface area contributed by atoms with Gasteiger partial charge in [0.25, 0.3) is 0 Å². The normalized spacial score (nSPS) is 30.2. The van der Waals surface area contributed by atoms with Crippen LogP contribution in [0.3, 0.4) is 0 Å². The SMILES string of the molecule is CC(NCC1CCCNC1)C1CCOCC1. The van der Waals surface area contributed by atoms with Gasteiger partial charge in [0, 0.05) is 19.3 Å². The molecule has 3 heteroatoms. The van der Waals surface area contributed by atoms with Crippen LogP contribution in [-0.2, 0) is 4.74 Å². The zero-order valence-electron chi connectivity index (χ0n) is 10.5. The number of piperidine rings is 1. The van der Waals surface area contributed by atoms with Crippen LogP contribution in [0, 0.1) is 11.8 Å². The monoisotopic (exact) mass is 226 g/mol. The Morgan fingerprint density at radius 2 is 2.12 bits per heavy atom. The molecule has 0 aromatic rings. The smallest absolute Gasteiger partial charge is 0.0469 e. The third kappa shape index (κ3) is 3.72. The molecule has 0 aromatic heterocycles. The number of hydrogen-bond acceptors (Lipinski definition) is 3. The average Bonchev–Trinajstić information content (AvgIpc) is 2.38. The van der Waals surface area contributed by atoms with Gasteiger partial charge >= 0.3 is 0 Å². The first-order valence-corrected chi connectivity index (χ1v) is 6.88. The Morgan fingerprint density at radius 3 is 2.81 bits per heavy atom. The van der Waals surface area contributed by atoms with Gasteiger partial charge in [0.05, 0.1) is 0 Å². The van der Waals surface area contributed by atoms with Crippen LogP contribution in [0.15, 0.2) is 0 Å². The van der Waals surface area contributed by atoms with Gasteiger partial charge in [0.15, 0.2) is 0 Å². The minimum Gasteiger partial charge on any atom is -0.381 e. The fourth-order valence-corrected chi connectivity index (χ4v) is 2.83. The quantitative estimate of drug-likeness (QED) is 0.760. The highest BCUT2D eigenvalue weighted by molar-refractivity contribution is 4.78. The van der Waals surface area contributed by atoms with E-state index in [0.29, 0.717) is 6.04 Å². The summed E-state index contributed by atoms with van der Waals surface area (Å²) >= 11 is 0. The third-order valence-corrected chi connectivity index (χ3v) is 4.10. The van der Waals surface area contributed by atoms with Gasteiger partial charge in [0.1, 0.15) is 0 Å². The Kier molecular flexibility index (Phi) is 5.07. The summed E-state index contributed by atoms with van der Waals surface area (Å²) in [5.74, 6) is 1.67. The highest BCUT2D eigenvalue weighted by Crippen LogP contribution is 2.19. The predicted octanol–water partition coefficient (Wildman–Crippen LogP) is 1.39. The summed E-state index contributed by atoms with van der Waals surface area (Å²) in [5.41, 5.74) is 0. The van der Waals surface area contributed by atoms with Crippen LogP contribution in [0.1, 0.15) is 32.6 Å². The molecule has 0 spiro atoms. The molecule has 94 valence electrons. The van der Waals surface area contributed by atoms with E-state index in [9.17, 15) is 0 Å². The van der Waals surface area contributed by atoms with Gasteiger partial charge in [-0.3, -0.25) is 0 Å². The largest absolute Gasteiger partial charge is 0.381 e. The van der Waals surface area contributed by atoms with Crippen molar-refractivity contribution in [2.24, 2.45) is 11.8 Å². The summed E-state index contributed by atoms with van der Waals surface area (Å²) < 4.78 is 5.41. The molecule has 0 aliphatic carbocycles. The maximum atomic E-state index is 5.41. The topological polar surface area (TPSA) is 33.3 Å². The molecule has 0 amide bonds. The van der Waals surface area contributed by atoms with Gasteiger partial charge in [-0.1, -0.05) is 0 Å². The number of rotatable bonds is 4. The average molecular weight is 226 g/mol. The van der Waals surface area contributed by atoms with Crippen LogP contribution < -0.4 is 10.6 Å². The maximum absolute atomic E-state index is 5.41. The minimum atomic E-state index is 0.658. The van der Waals surface area contributed by atoms with E-state index in [4.69, 9.17) is 4.74 Å². The molecular formula is C13H26N2O. The zero-order chi connectivity index (χ0) is 11.2. The van der Waals surface area contributed by atoms with Crippen LogP contribution in [-0.4, -0.2) is 38.9 Å². The molecule has 3 nitrogen and oxygen atoms in total. The Hall–Kier alpha value is -0.120. The van der Waals surface area contributed by atoms with E-state index in [1.807, 2.05) is 0 Å². The van der Waals surface area contributed by atoms with E-state index in [1.54, 1.807) is 0 Å². The van der Waals surface area contributed by atoms with E-state index in [2.05, 4.69) is 17.6 Å². The first kappa shape index (κ1) is 12.3. The van der Waals surface area contributed by atoms with Gasteiger partial charge < -0.3 is 15.4 Å². The number of ether oxygens (including phenoxy) is 1. The van der Waals surface area contributed by atoms with E-state index >= 15 is 0 Å². The van der Waals surface area contributed by atoms with Crippen molar-refractivity contribution in [1.29, 1.82) is 0 Å². The lowest BCUT2D eigenvalue weighted by Crippen LogP contribution is -2.42. The van der Waals surface area contributed by atoms with Crippen LogP contribution in [0.4, 0.5) is 0 Å². The van der Waals surface area contributed by atoms with Crippen molar-refractivity contribution >= 4 is 0 Å². The molecule has 2 aliphatic rings. The van der Waals surface area contributed by atoms with Crippen molar-refractivity contribution in [2.45, 2.75) is 38.6 Å². The van der Waals surface area contributed by atoms with E-state index < -0.39 is 0 Å². The second-order valence-electron chi connectivity index (χ2n) is 5.36. The molecule has 2 rings (SSSR count). The fourth-order valence-electron chi connectivity index (χ4n) is 2.83. The predicted molar refractivity (Wildman–Crippen MR) is 66.6 cm³/mol. The van der Waals surface area contributed by atoms with Crippen molar-refractivity contribution in [2.75, 3.05) is 32.8 Å². The summed E-state index contributed by atoms with van der Waals surface area (Å²) in [4.78, 5) is 0. The summed E-state index contributed by atoms with van der Waals surface area (Å²) in [5, 5.41) is 7.20. The first-order chi connectivity index (χ1) is 7.86. The van der Waals surface area contributed by atoms with Crippen molar-refractivity contribution in [1.82, 2.24) is 10.6 Å². The highest BCUT2D eigenvalue weighted by Gasteiger charge is 2.21. The van der Waals surface area contributed by atoms with Gasteiger partial charge in [-0.15, -0.1) is 0 Å². The van der Waals surface area contributed by atoms with Crippen LogP contribution >= 0.6 is 0 Å². The number of nitrogens with one attached hydrogen (secondary N) is 2. The fraction of sp³-hybridized carbons (Fsp3) is 1.00. The third-order valence-electron chi connectivity index (χ3n) is 4.10. The standard InChI is InChI=1S/C13H26N2O/c1-11(13-4-7-16-8-5-13)15-10-12-3-2-6-14-9-12/h11-15H,2-10H2,1H3. The summed E-state index contributed by atoms with van der Waals surface area (Å²) in [6, 6.07) is 0.658. The molecule has 2 heterocycles. The van der Waals surface area contributed by atoms with Crippen LogP contribution in [0.25, 0.3) is 0 Å². The molecule has 2 aliphatic heterocycles. The van der Waals surface area contributed by atoms with Crippen LogP contribution in [0.2, 0.25) is 0 Å². The highest BCUT2D eigenvalue weighted by atomic mass is 16.5. The van der Waals surface area contributed by atoms with Crippen LogP contribution in [0.5, 0.6) is 0 Å². The molecule has 2 N–H and O–H groups in total. The zero-order valence-corrected chi connectivity index (χ0v) is 10.5. The molecule has 0 radical (unpaired) electrons. The molecular weight excluding hydrogens is 200 g/mol. The van der Waals surface area contributed by atoms with Gasteiger partial charge in [0.2, 0.25) is 0 Å². The van der Waals surface area contributed by atoms with Crippen molar-refractivity contribution < 1.29 is 4.74 Å². The first-order valence-electron chi connectivity index (χ1n) is 6.88. The summed E-state index contributed by atoms with van der Waals surface area (Å²) in [6.07, 6.45) is 5.20. The van der Waals surface area contributed by atoms with Gasteiger partial charge in [-0.25, -0.2) is 0 Å². The maximum Gasteiger partial charge on any atom is 0.0469 e. The second kappa shape index (κ2) is 6.58. The van der Waals surface area contributed by atoms with Crippen molar-refractivity contribution in [3.63, 3.8) is 0 Å². The molecule has 2 unspecified atom stereocenters. The summed E-state index contributed by atoms with van der Waals surface area (Å²) in [7, 11) is 0. The molecule has 0 saturated carbocycles. The Balaban J connectivity index is 1.63. The Labute approximate surface area is 99.3 Å². The lowest BCUT2D eigenvalue weighted by molar-refractivity contribution is 0.0553. The van der Waals surface area contributed by atoms with E-state index in [1.165, 1.54) is 45.3 Å². The van der Waals surface area contributed by atoms with Gasteiger partial charge in [-0.2, -0.15) is 0 Å². The van der Waals surface area contributed by atoms with E-state index in [-0.39, 0.29) is 0 Å². The summed E-state index contributed by atoms with van der Waals surface area (Å²) in [6.45, 7) is 7.86. The molecule has 0 aromatic carbocycles. The van der Waals surface area contributed by atoms with Gasteiger partial charge in [-0.05, 0) is 64.1 Å². The Bertz CT molecular complexity index is 186. The lowest BCUT2D eigenvalue weighted by atomic mass is 9.92. The Morgan fingerprint density at radius 1 is 1.31 bits per heavy atom. The molecule has 2 saturated heterocycles. The second-order valence-corrected chi connectivity index (χ2v) is 5.36. The van der Waals surface area contributed by atoms with Crippen molar-refractivity contribution in [3.05, 3.63) is 0 Å². The molecule has 2 atom stereocenters. The molecule has 0 bridgehead atoms. The van der Waals surface area contributed by atoms with Crippen molar-refractivity contribution in [3.8, 4) is 0 Å². The lowest BCUT2D eigenvalue weighted by Gasteiger charge is -2.31. The van der Waals surface area contributed by atoms with E-state index in [0.717, 1.165) is 25.0 Å². The minimum absolute atomic E-state index is 0.658. The number of hydrogen-bond donors (Lipinski definition) is 2.